The molecule has 0 spiro atoms. The molecule has 2 rings (SSSR count). The third-order valence-corrected chi connectivity index (χ3v) is 3.30. The minimum Gasteiger partial charge on any atom is -0.397 e. The van der Waals surface area contributed by atoms with E-state index in [0.717, 1.165) is 0 Å². The molecule has 4 nitrogen and oxygen atoms in total. The molecule has 5 heteroatoms. The summed E-state index contributed by atoms with van der Waals surface area (Å²) in [6, 6.07) is 13.8. The largest absolute Gasteiger partial charge is 0.397 e. The minimum atomic E-state index is -0.312. The standard InChI is InChI=1S/C15H12ClN3O/c1-19(13-8-3-2-5-10(13)9-17)15(20)11-6-4-7-12(16)14(11)18/h2-8H,18H2,1H3. The molecule has 0 atom stereocenters. The molecule has 0 saturated carbocycles. The Kier molecular flexibility index (Phi) is 3.92. The van der Waals surface area contributed by atoms with Crippen molar-refractivity contribution < 1.29 is 4.79 Å². The van der Waals surface area contributed by atoms with Crippen LogP contribution >= 0.6 is 11.6 Å². The van der Waals surface area contributed by atoms with Crippen molar-refractivity contribution in [3.8, 4) is 6.07 Å². The molecule has 0 aliphatic rings. The van der Waals surface area contributed by atoms with Gasteiger partial charge in [-0.1, -0.05) is 29.8 Å². The van der Waals surface area contributed by atoms with Gasteiger partial charge in [-0.05, 0) is 24.3 Å². The highest BCUT2D eigenvalue weighted by atomic mass is 35.5. The van der Waals surface area contributed by atoms with Gasteiger partial charge in [0.15, 0.2) is 0 Å². The maximum Gasteiger partial charge on any atom is 0.260 e. The Bertz CT molecular complexity index is 707. The first-order valence-corrected chi connectivity index (χ1v) is 6.25. The van der Waals surface area contributed by atoms with E-state index in [2.05, 4.69) is 6.07 Å². The van der Waals surface area contributed by atoms with E-state index in [-0.39, 0.29) is 11.6 Å². The number of para-hydroxylation sites is 2. The van der Waals surface area contributed by atoms with Crippen LogP contribution in [0.1, 0.15) is 15.9 Å². The van der Waals surface area contributed by atoms with Gasteiger partial charge in [0.25, 0.3) is 5.91 Å². The number of halogens is 1. The highest BCUT2D eigenvalue weighted by Crippen LogP contribution is 2.26. The molecule has 0 fully saturated rings. The summed E-state index contributed by atoms with van der Waals surface area (Å²) in [5.74, 6) is -0.312. The van der Waals surface area contributed by atoms with Crippen LogP contribution in [0.25, 0.3) is 0 Å². The van der Waals surface area contributed by atoms with Crippen molar-refractivity contribution in [3.63, 3.8) is 0 Å². The number of nitrogen functional groups attached to an aromatic ring is 1. The summed E-state index contributed by atoms with van der Waals surface area (Å²) >= 11 is 5.92. The summed E-state index contributed by atoms with van der Waals surface area (Å²) in [4.78, 5) is 13.9. The third kappa shape index (κ3) is 2.44. The summed E-state index contributed by atoms with van der Waals surface area (Å²) in [5, 5.41) is 9.42. The lowest BCUT2D eigenvalue weighted by atomic mass is 10.1. The zero-order valence-corrected chi connectivity index (χ0v) is 11.6. The Balaban J connectivity index is 2.44. The molecule has 20 heavy (non-hydrogen) atoms. The zero-order valence-electron chi connectivity index (χ0n) is 10.8. The first-order valence-electron chi connectivity index (χ1n) is 5.87. The molecule has 1 amide bonds. The van der Waals surface area contributed by atoms with E-state index in [4.69, 9.17) is 22.6 Å². The van der Waals surface area contributed by atoms with E-state index >= 15 is 0 Å². The van der Waals surface area contributed by atoms with Gasteiger partial charge < -0.3 is 10.6 Å². The predicted octanol–water partition coefficient (Wildman–Crippen LogP) is 3.07. The highest BCUT2D eigenvalue weighted by molar-refractivity contribution is 6.34. The Morgan fingerprint density at radius 1 is 1.25 bits per heavy atom. The number of hydrogen-bond acceptors (Lipinski definition) is 3. The van der Waals surface area contributed by atoms with Crippen molar-refractivity contribution in [1.29, 1.82) is 5.26 Å². The van der Waals surface area contributed by atoms with Crippen molar-refractivity contribution in [2.24, 2.45) is 0 Å². The number of nitriles is 1. The Morgan fingerprint density at radius 2 is 1.95 bits per heavy atom. The second-order valence-corrected chi connectivity index (χ2v) is 4.60. The predicted molar refractivity (Wildman–Crippen MR) is 79.8 cm³/mol. The number of nitrogens with two attached hydrogens (primary N) is 1. The molecule has 0 aliphatic carbocycles. The normalized spacial score (nSPS) is 9.85. The molecule has 2 aromatic carbocycles. The molecule has 0 aliphatic heterocycles. The number of anilines is 2. The molecule has 0 radical (unpaired) electrons. The summed E-state index contributed by atoms with van der Waals surface area (Å²) in [6.07, 6.45) is 0. The number of hydrogen-bond donors (Lipinski definition) is 1. The maximum absolute atomic E-state index is 12.5. The molecular formula is C15H12ClN3O. The summed E-state index contributed by atoms with van der Waals surface area (Å²) in [6.45, 7) is 0. The average molecular weight is 286 g/mol. The van der Waals surface area contributed by atoms with E-state index in [1.165, 1.54) is 4.90 Å². The van der Waals surface area contributed by atoms with E-state index < -0.39 is 0 Å². The monoisotopic (exact) mass is 285 g/mol. The lowest BCUT2D eigenvalue weighted by Gasteiger charge is -2.19. The maximum atomic E-state index is 12.5. The van der Waals surface area contributed by atoms with E-state index in [1.807, 2.05) is 0 Å². The van der Waals surface area contributed by atoms with E-state index in [9.17, 15) is 4.79 Å². The summed E-state index contributed by atoms with van der Waals surface area (Å²) < 4.78 is 0. The van der Waals surface area contributed by atoms with Gasteiger partial charge >= 0.3 is 0 Å². The minimum absolute atomic E-state index is 0.237. The van der Waals surface area contributed by atoms with Crippen molar-refractivity contribution >= 4 is 28.9 Å². The molecule has 0 bridgehead atoms. The van der Waals surface area contributed by atoms with Crippen LogP contribution in [0.2, 0.25) is 5.02 Å². The van der Waals surface area contributed by atoms with Crippen molar-refractivity contribution in [3.05, 3.63) is 58.6 Å². The molecule has 0 saturated heterocycles. The number of carbonyl (C=O) groups is 1. The van der Waals surface area contributed by atoms with Crippen molar-refractivity contribution in [2.75, 3.05) is 17.7 Å². The van der Waals surface area contributed by atoms with Gasteiger partial charge in [-0.15, -0.1) is 0 Å². The van der Waals surface area contributed by atoms with Crippen LogP contribution in [-0.2, 0) is 0 Å². The fraction of sp³-hybridized carbons (Fsp3) is 0.0667. The number of amides is 1. The van der Waals surface area contributed by atoms with Crippen LogP contribution in [0, 0.1) is 11.3 Å². The molecule has 2 aromatic rings. The average Bonchev–Trinajstić information content (AvgIpc) is 2.48. The topological polar surface area (TPSA) is 70.1 Å². The third-order valence-electron chi connectivity index (χ3n) is 2.97. The van der Waals surface area contributed by atoms with Crippen LogP contribution in [0.3, 0.4) is 0 Å². The number of rotatable bonds is 2. The van der Waals surface area contributed by atoms with Crippen LogP contribution in [0.4, 0.5) is 11.4 Å². The Labute approximate surface area is 122 Å². The van der Waals surface area contributed by atoms with Crippen LogP contribution in [0.15, 0.2) is 42.5 Å². The first kappa shape index (κ1) is 13.9. The second kappa shape index (κ2) is 5.64. The zero-order chi connectivity index (χ0) is 14.7. The van der Waals surface area contributed by atoms with Crippen LogP contribution in [-0.4, -0.2) is 13.0 Å². The van der Waals surface area contributed by atoms with Crippen LogP contribution < -0.4 is 10.6 Å². The van der Waals surface area contributed by atoms with Gasteiger partial charge in [0.1, 0.15) is 6.07 Å². The molecular weight excluding hydrogens is 274 g/mol. The second-order valence-electron chi connectivity index (χ2n) is 4.19. The van der Waals surface area contributed by atoms with Crippen molar-refractivity contribution in [1.82, 2.24) is 0 Å². The quantitative estimate of drug-likeness (QED) is 0.862. The molecule has 0 unspecified atom stereocenters. The highest BCUT2D eigenvalue weighted by Gasteiger charge is 2.19. The van der Waals surface area contributed by atoms with Gasteiger partial charge in [-0.2, -0.15) is 5.26 Å². The van der Waals surface area contributed by atoms with Gasteiger partial charge in [-0.3, -0.25) is 4.79 Å². The van der Waals surface area contributed by atoms with Gasteiger partial charge in [0, 0.05) is 7.05 Å². The Hall–Kier alpha value is -2.51. The van der Waals surface area contributed by atoms with E-state index in [0.29, 0.717) is 21.8 Å². The molecule has 0 aromatic heterocycles. The SMILES string of the molecule is CN(C(=O)c1cccc(Cl)c1N)c1ccccc1C#N. The molecule has 100 valence electrons. The summed E-state index contributed by atoms with van der Waals surface area (Å²) in [7, 11) is 1.60. The first-order chi connectivity index (χ1) is 9.56. The summed E-state index contributed by atoms with van der Waals surface area (Å²) in [5.41, 5.74) is 7.32. The molecule has 2 N–H and O–H groups in total. The van der Waals surface area contributed by atoms with Gasteiger partial charge in [0.2, 0.25) is 0 Å². The van der Waals surface area contributed by atoms with Gasteiger partial charge in [0.05, 0.1) is 27.5 Å². The smallest absolute Gasteiger partial charge is 0.260 e. The number of carbonyl (C=O) groups excluding carboxylic acids is 1. The number of benzene rings is 2. The van der Waals surface area contributed by atoms with E-state index in [1.54, 1.807) is 49.5 Å². The van der Waals surface area contributed by atoms with Crippen LogP contribution in [0.5, 0.6) is 0 Å². The lowest BCUT2D eigenvalue weighted by molar-refractivity contribution is 0.0994. The number of nitrogens with zero attached hydrogens (tertiary/aromatic N) is 2. The van der Waals surface area contributed by atoms with Crippen molar-refractivity contribution in [2.45, 2.75) is 0 Å². The Morgan fingerprint density at radius 3 is 2.65 bits per heavy atom. The molecule has 0 heterocycles. The fourth-order valence-corrected chi connectivity index (χ4v) is 2.05. The fourth-order valence-electron chi connectivity index (χ4n) is 1.87. The van der Waals surface area contributed by atoms with Gasteiger partial charge in [-0.25, -0.2) is 0 Å². The lowest BCUT2D eigenvalue weighted by Crippen LogP contribution is -2.27.